The monoisotopic (exact) mass is 1050 g/mol. The second-order valence-corrected chi connectivity index (χ2v) is 21.9. The number of phosphoric acid groups is 1. The summed E-state index contributed by atoms with van der Waals surface area (Å²) in [4.78, 5) is 64.1. The van der Waals surface area contributed by atoms with E-state index in [4.69, 9.17) is 18.5 Å². The molecular formula is C61H97N2O10P. The van der Waals surface area contributed by atoms with Gasteiger partial charge in [-0.1, -0.05) is 236 Å². The maximum Gasteiger partial charge on any atom is 0.472 e. The van der Waals surface area contributed by atoms with Gasteiger partial charge in [-0.2, -0.15) is 0 Å². The van der Waals surface area contributed by atoms with E-state index in [-0.39, 0.29) is 63.7 Å². The number of amides is 2. The van der Waals surface area contributed by atoms with E-state index >= 15 is 0 Å². The Morgan fingerprint density at radius 3 is 1.55 bits per heavy atom. The lowest BCUT2D eigenvalue weighted by Gasteiger charge is -2.26. The highest BCUT2D eigenvalue weighted by Gasteiger charge is 2.27. The third-order valence-corrected chi connectivity index (χ3v) is 14.7. The van der Waals surface area contributed by atoms with Gasteiger partial charge in [0.15, 0.2) is 6.10 Å². The van der Waals surface area contributed by atoms with Crippen molar-refractivity contribution in [3.8, 4) is 11.8 Å². The zero-order valence-corrected chi connectivity index (χ0v) is 46.9. The molecule has 2 amide bonds. The molecule has 0 aliphatic carbocycles. The number of unbranched alkanes of at least 4 members (excludes halogenated alkanes) is 28. The number of anilines is 1. The van der Waals surface area contributed by atoms with Gasteiger partial charge in [0.25, 0.3) is 0 Å². The van der Waals surface area contributed by atoms with E-state index in [2.05, 4.69) is 31.0 Å². The van der Waals surface area contributed by atoms with Crippen molar-refractivity contribution in [1.82, 2.24) is 5.32 Å². The lowest BCUT2D eigenvalue weighted by atomic mass is 10.0. The minimum atomic E-state index is -4.60. The van der Waals surface area contributed by atoms with Crippen LogP contribution in [0, 0.1) is 11.8 Å². The number of carbonyl (C=O) groups excluding carboxylic acids is 4. The van der Waals surface area contributed by atoms with Gasteiger partial charge in [-0.3, -0.25) is 28.2 Å². The first-order valence-electron chi connectivity index (χ1n) is 29.3. The Balaban J connectivity index is 1.34. The third kappa shape index (κ3) is 31.8. The molecule has 0 bridgehead atoms. The highest BCUT2D eigenvalue weighted by molar-refractivity contribution is 7.47. The summed E-state index contributed by atoms with van der Waals surface area (Å²) < 4.78 is 34.4. The predicted octanol–water partition coefficient (Wildman–Crippen LogP) is 15.3. The van der Waals surface area contributed by atoms with Crippen molar-refractivity contribution in [3.05, 3.63) is 65.2 Å². The number of esters is 2. The molecule has 2 aromatic rings. The van der Waals surface area contributed by atoms with Crippen molar-refractivity contribution in [3.63, 3.8) is 0 Å². The van der Waals surface area contributed by atoms with E-state index in [9.17, 15) is 28.6 Å². The molecule has 0 spiro atoms. The molecule has 1 unspecified atom stereocenters. The summed E-state index contributed by atoms with van der Waals surface area (Å²) in [6, 6.07) is 15.2. The summed E-state index contributed by atoms with van der Waals surface area (Å²) in [5.41, 5.74) is 3.20. The van der Waals surface area contributed by atoms with Crippen LogP contribution in [0.5, 0.6) is 0 Å². The molecule has 0 saturated heterocycles. The standard InChI is InChI=1S/C61H97N2O10P/c1-3-5-7-9-11-13-15-17-19-21-23-25-27-29-31-42-60(66)70-51-56(73-61(67)43-32-30-28-26-24-22-20-18-16-14-12-10-8-6-4-2)52-72-74(68,69)71-49-37-48-62-58(64)46-47-59(65)63-50-55-40-34-33-38-53(55)44-45-54-39-35-36-41-57(54)63/h33-36,38-41,56H,3-32,37,42-43,46-52H2,1-2H3,(H,62,64)(H,68,69)/t56-/m1/s1. The topological polar surface area (TPSA) is 158 Å². The van der Waals surface area contributed by atoms with Crippen molar-refractivity contribution in [2.45, 2.75) is 251 Å². The molecule has 1 aliphatic heterocycles. The Hall–Kier alpha value is -4.01. The number of ether oxygens (including phenoxy) is 2. The largest absolute Gasteiger partial charge is 0.472 e. The molecule has 12 nitrogen and oxygen atoms in total. The molecule has 1 heterocycles. The Morgan fingerprint density at radius 1 is 0.554 bits per heavy atom. The number of carbonyl (C=O) groups is 4. The quantitative estimate of drug-likeness (QED) is 0.0283. The van der Waals surface area contributed by atoms with Crippen molar-refractivity contribution in [1.29, 1.82) is 0 Å². The van der Waals surface area contributed by atoms with E-state index in [1.54, 1.807) is 4.90 Å². The minimum Gasteiger partial charge on any atom is -0.462 e. The molecule has 3 rings (SSSR count). The fourth-order valence-corrected chi connectivity index (χ4v) is 10.0. The van der Waals surface area contributed by atoms with Gasteiger partial charge in [0.05, 0.1) is 25.4 Å². The summed E-state index contributed by atoms with van der Waals surface area (Å²) in [7, 11) is -4.60. The Morgan fingerprint density at radius 2 is 1.01 bits per heavy atom. The molecule has 2 aromatic carbocycles. The van der Waals surface area contributed by atoms with Gasteiger partial charge in [0.1, 0.15) is 6.61 Å². The van der Waals surface area contributed by atoms with Gasteiger partial charge in [0, 0.05) is 43.4 Å². The number of fused-ring (bicyclic) bond motifs is 2. The summed E-state index contributed by atoms with van der Waals surface area (Å²) >= 11 is 0. The van der Waals surface area contributed by atoms with Crippen LogP contribution in [0.3, 0.4) is 0 Å². The molecule has 416 valence electrons. The molecule has 13 heteroatoms. The van der Waals surface area contributed by atoms with Crippen molar-refractivity contribution in [2.24, 2.45) is 0 Å². The zero-order chi connectivity index (χ0) is 53.2. The second-order valence-electron chi connectivity index (χ2n) is 20.4. The Labute approximate surface area is 447 Å². The maximum absolute atomic E-state index is 13.5. The lowest BCUT2D eigenvalue weighted by molar-refractivity contribution is -0.161. The molecule has 74 heavy (non-hydrogen) atoms. The maximum atomic E-state index is 13.5. The molecule has 0 radical (unpaired) electrons. The number of phosphoric ester groups is 1. The average Bonchev–Trinajstić information content (AvgIpc) is 3.39. The summed E-state index contributed by atoms with van der Waals surface area (Å²) in [6.45, 7) is 3.95. The summed E-state index contributed by atoms with van der Waals surface area (Å²) in [5, 5.41) is 2.74. The number of nitrogens with one attached hydrogen (secondary N) is 1. The van der Waals surface area contributed by atoms with E-state index in [0.29, 0.717) is 25.1 Å². The van der Waals surface area contributed by atoms with E-state index in [0.717, 1.165) is 55.2 Å². The van der Waals surface area contributed by atoms with Crippen molar-refractivity contribution in [2.75, 3.05) is 31.3 Å². The van der Waals surface area contributed by atoms with Crippen LogP contribution in [0.15, 0.2) is 48.5 Å². The number of para-hydroxylation sites is 1. The fourth-order valence-electron chi connectivity index (χ4n) is 9.25. The number of rotatable bonds is 46. The lowest BCUT2D eigenvalue weighted by Crippen LogP contribution is -2.33. The molecule has 0 aromatic heterocycles. The predicted molar refractivity (Wildman–Crippen MR) is 299 cm³/mol. The number of benzene rings is 2. The first-order chi connectivity index (χ1) is 36.1. The van der Waals surface area contributed by atoms with Crippen LogP contribution in [0.25, 0.3) is 0 Å². The molecule has 2 atom stereocenters. The first-order valence-corrected chi connectivity index (χ1v) is 30.8. The van der Waals surface area contributed by atoms with Gasteiger partial charge in [-0.15, -0.1) is 0 Å². The Kier molecular flexibility index (Phi) is 36.6. The van der Waals surface area contributed by atoms with Gasteiger partial charge in [-0.25, -0.2) is 4.57 Å². The third-order valence-electron chi connectivity index (χ3n) is 13.8. The van der Waals surface area contributed by atoms with Gasteiger partial charge in [-0.05, 0) is 43.0 Å². The van der Waals surface area contributed by atoms with E-state index in [1.165, 1.54) is 141 Å². The first kappa shape index (κ1) is 64.3. The molecule has 0 fully saturated rings. The molecule has 2 N–H and O–H groups in total. The van der Waals surface area contributed by atoms with Gasteiger partial charge >= 0.3 is 19.8 Å². The van der Waals surface area contributed by atoms with Crippen LogP contribution >= 0.6 is 7.82 Å². The van der Waals surface area contributed by atoms with Crippen LogP contribution in [-0.2, 0) is 48.8 Å². The van der Waals surface area contributed by atoms with Crippen LogP contribution in [-0.4, -0.2) is 61.1 Å². The van der Waals surface area contributed by atoms with Crippen LogP contribution in [0.2, 0.25) is 0 Å². The number of hydrogen-bond acceptors (Lipinski definition) is 9. The van der Waals surface area contributed by atoms with Crippen LogP contribution in [0.1, 0.15) is 255 Å². The van der Waals surface area contributed by atoms with Crippen molar-refractivity contribution >= 4 is 37.3 Å². The van der Waals surface area contributed by atoms with E-state index in [1.807, 2.05) is 48.5 Å². The van der Waals surface area contributed by atoms with E-state index < -0.39 is 32.5 Å². The molecular weight excluding hydrogens is 952 g/mol. The normalized spacial score (nSPS) is 13.1. The molecule has 0 saturated carbocycles. The highest BCUT2D eigenvalue weighted by atomic mass is 31.2. The Bertz CT molecular complexity index is 1950. The van der Waals surface area contributed by atoms with Crippen LogP contribution in [0.4, 0.5) is 5.69 Å². The summed E-state index contributed by atoms with van der Waals surface area (Å²) in [6.07, 6.45) is 36.1. The second kappa shape index (κ2) is 42.1. The van der Waals surface area contributed by atoms with Crippen LogP contribution < -0.4 is 10.2 Å². The number of nitrogens with zero attached hydrogens (tertiary/aromatic N) is 1. The minimum absolute atomic E-state index is 0.0218. The SMILES string of the molecule is CCCCCCCCCCCCCCCCCC(=O)OC[C@H](COP(=O)(O)OCCCNC(=O)CCC(=O)N1Cc2ccccc2C#Cc2ccccc21)OC(=O)CCCCCCCCCCCCCCCCC. The fraction of sp³-hybridized carbons (Fsp3) is 0.705. The average molecular weight is 1050 g/mol. The zero-order valence-electron chi connectivity index (χ0n) is 46.0. The van der Waals surface area contributed by atoms with Gasteiger partial charge in [0.2, 0.25) is 11.8 Å². The van der Waals surface area contributed by atoms with Gasteiger partial charge < -0.3 is 24.6 Å². The van der Waals surface area contributed by atoms with Crippen molar-refractivity contribution < 1.29 is 47.2 Å². The summed E-state index contributed by atoms with van der Waals surface area (Å²) in [5.74, 6) is 4.93. The molecule has 1 aliphatic rings. The number of hydrogen-bond donors (Lipinski definition) is 2. The smallest absolute Gasteiger partial charge is 0.462 e. The highest BCUT2D eigenvalue weighted by Crippen LogP contribution is 2.43.